The van der Waals surface area contributed by atoms with Crippen LogP contribution in [0.3, 0.4) is 0 Å². The van der Waals surface area contributed by atoms with Crippen molar-refractivity contribution in [1.82, 2.24) is 19.9 Å². The van der Waals surface area contributed by atoms with E-state index in [0.29, 0.717) is 52.7 Å². The van der Waals surface area contributed by atoms with E-state index in [1.54, 1.807) is 38.2 Å². The molecule has 1 saturated heterocycles. The quantitative estimate of drug-likeness (QED) is 0.146. The molecule has 1 aliphatic heterocycles. The minimum Gasteiger partial charge on any atom is -0.477 e. The van der Waals surface area contributed by atoms with Crippen molar-refractivity contribution in [2.45, 2.75) is 26.9 Å². The van der Waals surface area contributed by atoms with Gasteiger partial charge in [0, 0.05) is 61.9 Å². The number of hydrogen-bond donors (Lipinski definition) is 5. The fourth-order valence-corrected chi connectivity index (χ4v) is 5.29. The average Bonchev–Trinajstić information content (AvgIpc) is 3.51. The van der Waals surface area contributed by atoms with Crippen molar-refractivity contribution in [1.29, 1.82) is 0 Å². The van der Waals surface area contributed by atoms with Gasteiger partial charge in [0.05, 0.1) is 11.8 Å². The number of amides is 1. The predicted octanol–water partition coefficient (Wildman–Crippen LogP) is 5.72. The van der Waals surface area contributed by atoms with E-state index in [1.807, 2.05) is 11.8 Å². The van der Waals surface area contributed by atoms with Gasteiger partial charge in [0.15, 0.2) is 5.13 Å². The molecule has 12 nitrogen and oxygen atoms in total. The van der Waals surface area contributed by atoms with Crippen LogP contribution in [0.15, 0.2) is 48.7 Å². The Labute approximate surface area is 273 Å². The lowest BCUT2D eigenvalue weighted by atomic mass is 10.1. The maximum atomic E-state index is 13.4. The fraction of sp³-hybridized carbons (Fsp3) is 0.323. The highest BCUT2D eigenvalue weighted by molar-refractivity contribution is 7.17. The summed E-state index contributed by atoms with van der Waals surface area (Å²) in [6.45, 7) is 9.35. The number of nitrogen functional groups attached to an aromatic ring is 1. The van der Waals surface area contributed by atoms with Crippen LogP contribution in [-0.4, -0.2) is 76.6 Å². The first-order valence-electron chi connectivity index (χ1n) is 14.6. The predicted molar refractivity (Wildman–Crippen MR) is 178 cm³/mol. The van der Waals surface area contributed by atoms with E-state index in [0.717, 1.165) is 48.7 Å². The lowest BCUT2D eigenvalue weighted by Crippen LogP contribution is -2.46. The number of benzene rings is 2. The molecule has 6 N–H and O–H groups in total. The number of carbonyl (C=O) groups is 2. The third kappa shape index (κ3) is 9.52. The summed E-state index contributed by atoms with van der Waals surface area (Å²) in [4.78, 5) is 40.0. The first kappa shape index (κ1) is 34.9. The van der Waals surface area contributed by atoms with Crippen molar-refractivity contribution < 1.29 is 27.9 Å². The lowest BCUT2D eigenvalue weighted by Gasteiger charge is -2.36. The molecule has 3 heterocycles. The molecule has 1 aliphatic rings. The molecule has 1 amide bonds. The minimum atomic E-state index is -4.54. The summed E-state index contributed by atoms with van der Waals surface area (Å²) in [5.41, 5.74) is 7.19. The molecule has 47 heavy (non-hydrogen) atoms. The second-order valence-corrected chi connectivity index (χ2v) is 11.6. The maximum absolute atomic E-state index is 13.4. The van der Waals surface area contributed by atoms with E-state index in [2.05, 4.69) is 42.7 Å². The normalized spacial score (nSPS) is 13.4. The van der Waals surface area contributed by atoms with Gasteiger partial charge in [-0.3, -0.25) is 4.79 Å². The second-order valence-electron chi connectivity index (χ2n) is 10.6. The molecule has 4 aromatic rings. The number of halogens is 3. The van der Waals surface area contributed by atoms with Gasteiger partial charge < -0.3 is 36.6 Å². The van der Waals surface area contributed by atoms with Crippen molar-refractivity contribution in [2.75, 3.05) is 66.4 Å². The summed E-state index contributed by atoms with van der Waals surface area (Å²) < 4.78 is 40.3. The molecule has 0 bridgehead atoms. The summed E-state index contributed by atoms with van der Waals surface area (Å²) >= 11 is 1.05. The number of hydrogen-bond acceptors (Lipinski definition) is 11. The molecule has 5 rings (SSSR count). The molecule has 0 saturated carbocycles. The smallest absolute Gasteiger partial charge is 0.416 e. The SMILES string of the molecule is CCN1CCN(c2cc(C(=O)Nc3ccc(C)c(N)c3)cc(C(F)(F)F)c2)CC1.CNc1cc(Nc2ncc(C(=O)O)s2)nc(C)n1. The third-order valence-corrected chi connectivity index (χ3v) is 8.18. The molecule has 2 aromatic carbocycles. The number of thiazole rings is 1. The Morgan fingerprint density at radius 1 is 1.02 bits per heavy atom. The van der Waals surface area contributed by atoms with E-state index < -0.39 is 23.6 Å². The number of nitrogens with one attached hydrogen (secondary N) is 3. The molecular weight excluding hydrogens is 635 g/mol. The number of piperazine rings is 1. The van der Waals surface area contributed by atoms with Crippen LogP contribution in [0.5, 0.6) is 0 Å². The van der Waals surface area contributed by atoms with Crippen LogP contribution in [0.2, 0.25) is 0 Å². The van der Waals surface area contributed by atoms with E-state index in [4.69, 9.17) is 10.8 Å². The lowest BCUT2D eigenvalue weighted by molar-refractivity contribution is -0.137. The van der Waals surface area contributed by atoms with Gasteiger partial charge in [0.25, 0.3) is 5.91 Å². The number of anilines is 6. The molecule has 0 radical (unpaired) electrons. The van der Waals surface area contributed by atoms with Crippen molar-refractivity contribution in [3.63, 3.8) is 0 Å². The Morgan fingerprint density at radius 2 is 1.72 bits per heavy atom. The molecule has 0 aliphatic carbocycles. The Morgan fingerprint density at radius 3 is 2.32 bits per heavy atom. The number of nitrogens with two attached hydrogens (primary N) is 1. The second kappa shape index (κ2) is 15.1. The van der Waals surface area contributed by atoms with Crippen molar-refractivity contribution in [3.05, 3.63) is 76.1 Å². The topological polar surface area (TPSA) is 162 Å². The van der Waals surface area contributed by atoms with Gasteiger partial charge in [0.1, 0.15) is 22.3 Å². The Bertz CT molecular complexity index is 1720. The van der Waals surface area contributed by atoms with Crippen LogP contribution in [0.4, 0.5) is 47.0 Å². The van der Waals surface area contributed by atoms with Crippen molar-refractivity contribution >= 4 is 57.0 Å². The van der Waals surface area contributed by atoms with E-state index in [1.165, 1.54) is 12.3 Å². The van der Waals surface area contributed by atoms with Gasteiger partial charge in [-0.1, -0.05) is 24.3 Å². The fourth-order valence-electron chi connectivity index (χ4n) is 4.63. The Kier molecular flexibility index (Phi) is 11.2. The van der Waals surface area contributed by atoms with Crippen LogP contribution >= 0.6 is 11.3 Å². The third-order valence-electron chi connectivity index (χ3n) is 7.27. The number of likely N-dealkylation sites (N-methyl/N-ethyl adjacent to an activating group) is 1. The first-order valence-corrected chi connectivity index (χ1v) is 15.4. The largest absolute Gasteiger partial charge is 0.477 e. The van der Waals surface area contributed by atoms with Gasteiger partial charge in [-0.05, 0) is 56.3 Å². The number of nitrogens with zero attached hydrogens (tertiary/aromatic N) is 5. The summed E-state index contributed by atoms with van der Waals surface area (Å²) in [5, 5.41) is 17.8. The number of aryl methyl sites for hydroxylation is 2. The number of rotatable bonds is 8. The molecule has 0 unspecified atom stereocenters. The molecule has 1 fully saturated rings. The molecular formula is C31H36F3N9O3S. The summed E-state index contributed by atoms with van der Waals surface area (Å²) in [5.74, 6) is 0.264. The number of carbonyl (C=O) groups excluding carboxylic acids is 1. The average molecular weight is 672 g/mol. The van der Waals surface area contributed by atoms with Crippen molar-refractivity contribution in [3.8, 4) is 0 Å². The van der Waals surface area contributed by atoms with E-state index >= 15 is 0 Å². The monoisotopic (exact) mass is 671 g/mol. The molecule has 0 spiro atoms. The Balaban J connectivity index is 0.000000238. The highest BCUT2D eigenvalue weighted by atomic mass is 32.1. The molecule has 250 valence electrons. The van der Waals surface area contributed by atoms with Crippen molar-refractivity contribution in [2.24, 2.45) is 0 Å². The molecule has 2 aromatic heterocycles. The number of carboxylic acid groups (broad SMARTS) is 1. The van der Waals surface area contributed by atoms with Crippen LogP contribution in [0.25, 0.3) is 0 Å². The van der Waals surface area contributed by atoms with Gasteiger partial charge in [-0.25, -0.2) is 19.7 Å². The zero-order chi connectivity index (χ0) is 34.3. The zero-order valence-corrected chi connectivity index (χ0v) is 27.1. The number of aromatic carboxylic acids is 1. The number of alkyl halides is 3. The van der Waals surface area contributed by atoms with E-state index in [9.17, 15) is 22.8 Å². The van der Waals surface area contributed by atoms with Crippen LogP contribution in [0.1, 0.15) is 43.9 Å². The summed E-state index contributed by atoms with van der Waals surface area (Å²) in [6, 6.07) is 10.2. The van der Waals surface area contributed by atoms with Gasteiger partial charge in [-0.15, -0.1) is 0 Å². The molecule has 16 heteroatoms. The van der Waals surface area contributed by atoms with Crippen LogP contribution in [0, 0.1) is 13.8 Å². The number of carboxylic acids is 1. The van der Waals surface area contributed by atoms with Gasteiger partial charge >= 0.3 is 12.1 Å². The number of aromatic nitrogens is 3. The first-order chi connectivity index (χ1) is 22.2. The highest BCUT2D eigenvalue weighted by Gasteiger charge is 2.32. The van der Waals surface area contributed by atoms with Gasteiger partial charge in [0.2, 0.25) is 0 Å². The maximum Gasteiger partial charge on any atom is 0.416 e. The minimum absolute atomic E-state index is 0.0353. The Hall–Kier alpha value is -4.96. The standard InChI is InChI=1S/C21H25F3N4O.C10H11N5O2S/c1-3-27-6-8-28(9-7-27)18-11-15(10-16(12-18)21(22,23)24)20(29)26-17-5-4-14(2)19(25)13-17;1-5-13-7(11-2)3-8(14-5)15-10-12-4-6(18-10)9(16)17/h4-5,10-13H,3,6-9,25H2,1-2H3,(H,26,29);3-4H,1-2H3,(H,16,17)(H2,11,12,13,14,15). The highest BCUT2D eigenvalue weighted by Crippen LogP contribution is 2.34. The van der Waals surface area contributed by atoms with E-state index in [-0.39, 0.29) is 10.4 Å². The molecule has 0 atom stereocenters. The van der Waals surface area contributed by atoms with Gasteiger partial charge in [-0.2, -0.15) is 13.2 Å². The summed E-state index contributed by atoms with van der Waals surface area (Å²) in [6.07, 6.45) is -3.23. The van der Waals surface area contributed by atoms with Crippen LogP contribution in [-0.2, 0) is 6.18 Å². The zero-order valence-electron chi connectivity index (χ0n) is 26.3. The van der Waals surface area contributed by atoms with Crippen LogP contribution < -0.4 is 26.6 Å². The summed E-state index contributed by atoms with van der Waals surface area (Å²) in [7, 11) is 1.76.